The van der Waals surface area contributed by atoms with Crippen molar-refractivity contribution in [2.24, 2.45) is 0 Å². The maximum Gasteiger partial charge on any atom is 0.162 e. The summed E-state index contributed by atoms with van der Waals surface area (Å²) in [5.41, 5.74) is 0.851. The van der Waals surface area contributed by atoms with Crippen LogP contribution < -0.4 is 10.1 Å². The normalized spacial score (nSPS) is 22.0. The van der Waals surface area contributed by atoms with Gasteiger partial charge >= 0.3 is 0 Å². The van der Waals surface area contributed by atoms with E-state index in [-0.39, 0.29) is 5.75 Å². The number of benzene rings is 1. The summed E-state index contributed by atoms with van der Waals surface area (Å²) in [4.78, 5) is 2.47. The standard InChI is InChI=1S/C16H23ClN2O2/c1-21-15-8-12(17)7-11(16(15)20)9-19(14-4-5-14)10-13-3-2-6-18-13/h7-8,13-14,18,20H,2-6,9-10H2,1H3. The van der Waals surface area contributed by atoms with Gasteiger partial charge in [0.25, 0.3) is 0 Å². The Kier molecular flexibility index (Phi) is 4.57. The summed E-state index contributed by atoms with van der Waals surface area (Å²) in [5, 5.41) is 14.5. The highest BCUT2D eigenvalue weighted by Crippen LogP contribution is 2.36. The molecule has 2 N–H and O–H groups in total. The number of ether oxygens (including phenoxy) is 1. The predicted octanol–water partition coefficient (Wildman–Crippen LogP) is 2.77. The fourth-order valence-electron chi connectivity index (χ4n) is 3.10. The smallest absolute Gasteiger partial charge is 0.162 e. The molecule has 1 aromatic carbocycles. The van der Waals surface area contributed by atoms with Gasteiger partial charge in [0, 0.05) is 41.8 Å². The summed E-state index contributed by atoms with van der Waals surface area (Å²) in [5.74, 6) is 0.666. The SMILES string of the molecule is COc1cc(Cl)cc(CN(CC2CCCN2)C2CC2)c1O. The van der Waals surface area contributed by atoms with E-state index in [0.717, 1.165) is 25.2 Å². The van der Waals surface area contributed by atoms with Crippen molar-refractivity contribution in [3.05, 3.63) is 22.7 Å². The van der Waals surface area contributed by atoms with Crippen molar-refractivity contribution in [1.29, 1.82) is 0 Å². The van der Waals surface area contributed by atoms with Crippen LogP contribution in [0.3, 0.4) is 0 Å². The molecule has 1 aromatic rings. The van der Waals surface area contributed by atoms with Gasteiger partial charge < -0.3 is 15.2 Å². The molecule has 1 aliphatic carbocycles. The zero-order valence-corrected chi connectivity index (χ0v) is 13.2. The Morgan fingerprint density at radius 3 is 2.81 bits per heavy atom. The van der Waals surface area contributed by atoms with Crippen molar-refractivity contribution >= 4 is 11.6 Å². The van der Waals surface area contributed by atoms with Crippen LogP contribution in [0.25, 0.3) is 0 Å². The molecule has 2 fully saturated rings. The lowest BCUT2D eigenvalue weighted by Crippen LogP contribution is -2.38. The molecule has 0 spiro atoms. The number of aromatic hydroxyl groups is 1. The van der Waals surface area contributed by atoms with E-state index < -0.39 is 0 Å². The molecule has 1 heterocycles. The van der Waals surface area contributed by atoms with Gasteiger partial charge in [0.2, 0.25) is 0 Å². The van der Waals surface area contributed by atoms with Crippen molar-refractivity contribution in [2.45, 2.75) is 44.3 Å². The topological polar surface area (TPSA) is 44.7 Å². The second-order valence-electron chi connectivity index (χ2n) is 6.07. The molecule has 21 heavy (non-hydrogen) atoms. The lowest BCUT2D eigenvalue weighted by molar-refractivity contribution is 0.227. The van der Waals surface area contributed by atoms with E-state index in [2.05, 4.69) is 10.2 Å². The first kappa shape index (κ1) is 14.9. The van der Waals surface area contributed by atoms with Crippen LogP contribution in [0.5, 0.6) is 11.5 Å². The monoisotopic (exact) mass is 310 g/mol. The van der Waals surface area contributed by atoms with Crippen LogP contribution in [0.15, 0.2) is 12.1 Å². The van der Waals surface area contributed by atoms with Crippen LogP contribution in [0.2, 0.25) is 5.02 Å². The van der Waals surface area contributed by atoms with Gasteiger partial charge in [-0.25, -0.2) is 0 Å². The molecular weight excluding hydrogens is 288 g/mol. The summed E-state index contributed by atoms with van der Waals surface area (Å²) >= 11 is 6.13. The molecule has 1 unspecified atom stereocenters. The minimum atomic E-state index is 0.215. The van der Waals surface area contributed by atoms with Crippen LogP contribution in [0.4, 0.5) is 0 Å². The molecular formula is C16H23ClN2O2. The molecule has 0 aromatic heterocycles. The lowest BCUT2D eigenvalue weighted by Gasteiger charge is -2.26. The average Bonchev–Trinajstić information content (AvgIpc) is 3.19. The minimum Gasteiger partial charge on any atom is -0.504 e. The van der Waals surface area contributed by atoms with Crippen molar-refractivity contribution < 1.29 is 9.84 Å². The number of phenolic OH excluding ortho intramolecular Hbond substituents is 1. The third-order valence-electron chi connectivity index (χ3n) is 4.39. The van der Waals surface area contributed by atoms with E-state index in [0.29, 0.717) is 22.9 Å². The Morgan fingerprint density at radius 1 is 1.38 bits per heavy atom. The Bertz CT molecular complexity index is 499. The van der Waals surface area contributed by atoms with Crippen LogP contribution in [0, 0.1) is 0 Å². The third-order valence-corrected chi connectivity index (χ3v) is 4.61. The first-order chi connectivity index (χ1) is 10.2. The summed E-state index contributed by atoms with van der Waals surface area (Å²) in [6, 6.07) is 4.72. The first-order valence-electron chi connectivity index (χ1n) is 7.70. The van der Waals surface area contributed by atoms with E-state index in [1.165, 1.54) is 25.7 Å². The van der Waals surface area contributed by atoms with Gasteiger partial charge in [0.1, 0.15) is 0 Å². The maximum atomic E-state index is 10.3. The molecule has 116 valence electrons. The highest BCUT2D eigenvalue weighted by atomic mass is 35.5. The molecule has 1 saturated heterocycles. The molecule has 0 bridgehead atoms. The van der Waals surface area contributed by atoms with Gasteiger partial charge in [0.15, 0.2) is 11.5 Å². The number of nitrogens with one attached hydrogen (secondary N) is 1. The Labute approximate surface area is 131 Å². The number of halogens is 1. The highest BCUT2D eigenvalue weighted by Gasteiger charge is 2.32. The molecule has 5 heteroatoms. The fourth-order valence-corrected chi connectivity index (χ4v) is 3.33. The van der Waals surface area contributed by atoms with Gasteiger partial charge in [-0.15, -0.1) is 0 Å². The van der Waals surface area contributed by atoms with Crippen molar-refractivity contribution in [3.63, 3.8) is 0 Å². The summed E-state index contributed by atoms with van der Waals surface area (Å²) < 4.78 is 5.19. The Balaban J connectivity index is 1.74. The number of rotatable bonds is 6. The minimum absolute atomic E-state index is 0.215. The van der Waals surface area contributed by atoms with Crippen molar-refractivity contribution in [3.8, 4) is 11.5 Å². The number of methoxy groups -OCH3 is 1. The zero-order chi connectivity index (χ0) is 14.8. The van der Waals surface area contributed by atoms with Crippen molar-refractivity contribution in [1.82, 2.24) is 10.2 Å². The fraction of sp³-hybridized carbons (Fsp3) is 0.625. The molecule has 0 radical (unpaired) electrons. The first-order valence-corrected chi connectivity index (χ1v) is 8.08. The molecule has 1 saturated carbocycles. The molecule has 4 nitrogen and oxygen atoms in total. The number of hydrogen-bond acceptors (Lipinski definition) is 4. The van der Waals surface area contributed by atoms with Crippen molar-refractivity contribution in [2.75, 3.05) is 20.2 Å². The molecule has 1 atom stereocenters. The van der Waals surface area contributed by atoms with Gasteiger partial charge in [-0.05, 0) is 38.3 Å². The van der Waals surface area contributed by atoms with Crippen LogP contribution >= 0.6 is 11.6 Å². The summed E-state index contributed by atoms with van der Waals surface area (Å²) in [7, 11) is 1.55. The predicted molar refractivity (Wildman–Crippen MR) is 84.1 cm³/mol. The van der Waals surface area contributed by atoms with Gasteiger partial charge in [-0.3, -0.25) is 4.90 Å². The van der Waals surface area contributed by atoms with Crippen LogP contribution in [0.1, 0.15) is 31.2 Å². The molecule has 0 amide bonds. The maximum absolute atomic E-state index is 10.3. The largest absolute Gasteiger partial charge is 0.504 e. The number of hydrogen-bond donors (Lipinski definition) is 2. The van der Waals surface area contributed by atoms with E-state index in [1.54, 1.807) is 13.2 Å². The molecule has 2 aliphatic rings. The second kappa shape index (κ2) is 6.42. The van der Waals surface area contributed by atoms with Gasteiger partial charge in [-0.1, -0.05) is 11.6 Å². The van der Waals surface area contributed by atoms with Crippen LogP contribution in [-0.2, 0) is 6.54 Å². The molecule has 3 rings (SSSR count). The van der Waals surface area contributed by atoms with E-state index >= 15 is 0 Å². The van der Waals surface area contributed by atoms with E-state index in [4.69, 9.17) is 16.3 Å². The number of nitrogens with zero attached hydrogens (tertiary/aromatic N) is 1. The van der Waals surface area contributed by atoms with E-state index in [9.17, 15) is 5.11 Å². The second-order valence-corrected chi connectivity index (χ2v) is 6.51. The zero-order valence-electron chi connectivity index (χ0n) is 12.4. The third kappa shape index (κ3) is 3.62. The number of phenols is 1. The van der Waals surface area contributed by atoms with Crippen LogP contribution in [-0.4, -0.2) is 42.3 Å². The van der Waals surface area contributed by atoms with Gasteiger partial charge in [0.05, 0.1) is 7.11 Å². The summed E-state index contributed by atoms with van der Waals surface area (Å²) in [6.45, 7) is 2.89. The molecule has 1 aliphatic heterocycles. The summed E-state index contributed by atoms with van der Waals surface area (Å²) in [6.07, 6.45) is 5.02. The Morgan fingerprint density at radius 2 is 2.19 bits per heavy atom. The Hall–Kier alpha value is -0.970. The quantitative estimate of drug-likeness (QED) is 0.848. The highest BCUT2D eigenvalue weighted by molar-refractivity contribution is 6.30. The lowest BCUT2D eigenvalue weighted by atomic mass is 10.1. The van der Waals surface area contributed by atoms with Gasteiger partial charge in [-0.2, -0.15) is 0 Å². The van der Waals surface area contributed by atoms with E-state index in [1.807, 2.05) is 6.07 Å². The average molecular weight is 311 g/mol.